The van der Waals surface area contributed by atoms with Crippen molar-refractivity contribution in [3.05, 3.63) is 34.4 Å². The minimum atomic E-state index is -3.81. The van der Waals surface area contributed by atoms with E-state index in [0.717, 1.165) is 0 Å². The second kappa shape index (κ2) is 4.87. The SMILES string of the molecule is Cn1cnc(S(=O)(=O)Nc2ccc(Br)nc2)c1Cl. The van der Waals surface area contributed by atoms with E-state index in [1.165, 1.54) is 17.1 Å². The Morgan fingerprint density at radius 1 is 1.39 bits per heavy atom. The van der Waals surface area contributed by atoms with Gasteiger partial charge in [0.1, 0.15) is 9.76 Å². The van der Waals surface area contributed by atoms with Gasteiger partial charge in [0.2, 0.25) is 5.03 Å². The van der Waals surface area contributed by atoms with Gasteiger partial charge in [-0.1, -0.05) is 11.6 Å². The van der Waals surface area contributed by atoms with Gasteiger partial charge in [0.15, 0.2) is 0 Å². The van der Waals surface area contributed by atoms with Crippen molar-refractivity contribution in [1.29, 1.82) is 0 Å². The molecule has 0 atom stereocenters. The molecule has 96 valence electrons. The molecule has 0 saturated carbocycles. The van der Waals surface area contributed by atoms with E-state index in [1.807, 2.05) is 0 Å². The highest BCUT2D eigenvalue weighted by Crippen LogP contribution is 2.21. The van der Waals surface area contributed by atoms with Crippen molar-refractivity contribution < 1.29 is 8.42 Å². The van der Waals surface area contributed by atoms with Gasteiger partial charge in [-0.3, -0.25) is 4.72 Å². The minimum absolute atomic E-state index is 0.0487. The average molecular weight is 352 g/mol. The molecule has 0 aliphatic rings. The number of anilines is 1. The number of nitrogens with zero attached hydrogens (tertiary/aromatic N) is 3. The first-order valence-corrected chi connectivity index (χ1v) is 7.37. The van der Waals surface area contributed by atoms with Crippen LogP contribution in [0.3, 0.4) is 0 Å². The number of hydrogen-bond donors (Lipinski definition) is 1. The normalized spacial score (nSPS) is 11.5. The number of pyridine rings is 1. The lowest BCUT2D eigenvalue weighted by Gasteiger charge is -2.05. The molecular formula is C9H8BrClN4O2S. The fourth-order valence-corrected chi connectivity index (χ4v) is 2.92. The topological polar surface area (TPSA) is 76.9 Å². The van der Waals surface area contributed by atoms with E-state index in [1.54, 1.807) is 19.2 Å². The van der Waals surface area contributed by atoms with Gasteiger partial charge in [-0.15, -0.1) is 0 Å². The smallest absolute Gasteiger partial charge is 0.282 e. The third kappa shape index (κ3) is 2.65. The molecule has 1 N–H and O–H groups in total. The summed E-state index contributed by atoms with van der Waals surface area (Å²) in [6.07, 6.45) is 2.72. The first kappa shape index (κ1) is 13.3. The maximum Gasteiger partial charge on any atom is 0.282 e. The summed E-state index contributed by atoms with van der Waals surface area (Å²) >= 11 is 9.00. The van der Waals surface area contributed by atoms with Gasteiger partial charge in [0.05, 0.1) is 18.2 Å². The molecule has 18 heavy (non-hydrogen) atoms. The zero-order chi connectivity index (χ0) is 13.3. The number of nitrogens with one attached hydrogen (secondary N) is 1. The van der Waals surface area contributed by atoms with Crippen LogP contribution >= 0.6 is 27.5 Å². The summed E-state index contributed by atoms with van der Waals surface area (Å²) in [5, 5.41) is -0.165. The predicted molar refractivity (Wildman–Crippen MR) is 71.0 cm³/mol. The quantitative estimate of drug-likeness (QED) is 0.858. The summed E-state index contributed by atoms with van der Waals surface area (Å²) in [5.41, 5.74) is 0.333. The molecule has 0 aliphatic carbocycles. The molecule has 0 aromatic carbocycles. The van der Waals surface area contributed by atoms with E-state index in [9.17, 15) is 8.42 Å². The van der Waals surface area contributed by atoms with Crippen LogP contribution in [-0.2, 0) is 17.1 Å². The molecule has 0 unspecified atom stereocenters. The Morgan fingerprint density at radius 2 is 2.11 bits per heavy atom. The average Bonchev–Trinajstić information content (AvgIpc) is 2.63. The first-order valence-electron chi connectivity index (χ1n) is 4.71. The molecule has 2 aromatic heterocycles. The number of aryl methyl sites for hydroxylation is 1. The molecule has 0 spiro atoms. The lowest BCUT2D eigenvalue weighted by Crippen LogP contribution is -2.14. The number of hydrogen-bond acceptors (Lipinski definition) is 4. The van der Waals surface area contributed by atoms with Gasteiger partial charge < -0.3 is 4.57 Å². The molecule has 0 saturated heterocycles. The van der Waals surface area contributed by atoms with E-state index in [2.05, 4.69) is 30.6 Å². The van der Waals surface area contributed by atoms with Gasteiger partial charge in [0, 0.05) is 7.05 Å². The van der Waals surface area contributed by atoms with Crippen LogP contribution in [0.4, 0.5) is 5.69 Å². The summed E-state index contributed by atoms with van der Waals surface area (Å²) in [6.45, 7) is 0. The molecule has 0 radical (unpaired) electrons. The van der Waals surface area contributed by atoms with Crippen LogP contribution in [0.2, 0.25) is 5.15 Å². The number of rotatable bonds is 3. The van der Waals surface area contributed by atoms with E-state index in [4.69, 9.17) is 11.6 Å². The van der Waals surface area contributed by atoms with Crippen LogP contribution in [0.15, 0.2) is 34.3 Å². The van der Waals surface area contributed by atoms with E-state index < -0.39 is 10.0 Å². The van der Waals surface area contributed by atoms with Gasteiger partial charge in [-0.05, 0) is 28.1 Å². The molecule has 2 heterocycles. The van der Waals surface area contributed by atoms with E-state index in [0.29, 0.717) is 10.3 Å². The van der Waals surface area contributed by atoms with Crippen molar-refractivity contribution in [3.63, 3.8) is 0 Å². The minimum Gasteiger partial charge on any atom is -0.324 e. The Morgan fingerprint density at radius 3 is 2.61 bits per heavy atom. The molecule has 9 heteroatoms. The second-order valence-electron chi connectivity index (χ2n) is 3.43. The van der Waals surface area contributed by atoms with Crippen molar-refractivity contribution >= 4 is 43.2 Å². The standard InChI is InChI=1S/C9H8BrClN4O2S/c1-15-5-13-9(8(15)11)18(16,17)14-6-2-3-7(10)12-4-6/h2-5,14H,1H3. The highest BCUT2D eigenvalue weighted by molar-refractivity contribution is 9.10. The van der Waals surface area contributed by atoms with Crippen LogP contribution in [-0.4, -0.2) is 23.0 Å². The van der Waals surface area contributed by atoms with Crippen molar-refractivity contribution in [1.82, 2.24) is 14.5 Å². The summed E-state index contributed by atoms with van der Waals surface area (Å²) in [4.78, 5) is 7.67. The molecule has 2 aromatic rings. The Balaban J connectivity index is 2.33. The van der Waals surface area contributed by atoms with Gasteiger partial charge in [0.25, 0.3) is 10.0 Å². The molecule has 0 aliphatic heterocycles. The predicted octanol–water partition coefficient (Wildman–Crippen LogP) is 2.03. The molecule has 0 bridgehead atoms. The van der Waals surface area contributed by atoms with Crippen LogP contribution in [0, 0.1) is 0 Å². The number of imidazole rings is 1. The third-order valence-corrected chi connectivity index (χ3v) is 4.41. The molecule has 0 amide bonds. The lowest BCUT2D eigenvalue weighted by molar-refractivity contribution is 0.598. The van der Waals surface area contributed by atoms with E-state index in [-0.39, 0.29) is 10.2 Å². The summed E-state index contributed by atoms with van der Waals surface area (Å²) in [5.74, 6) is 0. The highest BCUT2D eigenvalue weighted by Gasteiger charge is 2.22. The summed E-state index contributed by atoms with van der Waals surface area (Å²) in [7, 11) is -2.20. The fraction of sp³-hybridized carbons (Fsp3) is 0.111. The lowest BCUT2D eigenvalue weighted by atomic mass is 10.4. The monoisotopic (exact) mass is 350 g/mol. The third-order valence-electron chi connectivity index (χ3n) is 2.07. The van der Waals surface area contributed by atoms with Crippen LogP contribution in [0.1, 0.15) is 0 Å². The van der Waals surface area contributed by atoms with Gasteiger partial charge in [-0.2, -0.15) is 8.42 Å². The number of sulfonamides is 1. The van der Waals surface area contributed by atoms with Crippen molar-refractivity contribution in [2.24, 2.45) is 7.05 Å². The summed E-state index contributed by atoms with van der Waals surface area (Å²) < 4.78 is 28.4. The maximum atomic E-state index is 12.0. The van der Waals surface area contributed by atoms with Crippen molar-refractivity contribution in [2.45, 2.75) is 5.03 Å². The highest BCUT2D eigenvalue weighted by atomic mass is 79.9. The van der Waals surface area contributed by atoms with Crippen LogP contribution < -0.4 is 4.72 Å². The van der Waals surface area contributed by atoms with Gasteiger partial charge >= 0.3 is 0 Å². The largest absolute Gasteiger partial charge is 0.324 e. The Kier molecular flexibility index (Phi) is 3.60. The molecule has 6 nitrogen and oxygen atoms in total. The number of aromatic nitrogens is 3. The second-order valence-corrected chi connectivity index (χ2v) is 6.19. The van der Waals surface area contributed by atoms with Crippen LogP contribution in [0.25, 0.3) is 0 Å². The van der Waals surface area contributed by atoms with Crippen molar-refractivity contribution in [2.75, 3.05) is 4.72 Å². The zero-order valence-corrected chi connectivity index (χ0v) is 12.3. The summed E-state index contributed by atoms with van der Waals surface area (Å²) in [6, 6.07) is 3.20. The van der Waals surface area contributed by atoms with E-state index >= 15 is 0 Å². The molecule has 0 fully saturated rings. The number of halogens is 2. The first-order chi connectivity index (χ1) is 8.40. The Labute approximate surface area is 117 Å². The molecule has 2 rings (SSSR count). The Bertz CT molecular complexity index is 668. The van der Waals surface area contributed by atoms with Crippen LogP contribution in [0.5, 0.6) is 0 Å². The molecular weight excluding hydrogens is 344 g/mol. The Hall–Kier alpha value is -1.12. The van der Waals surface area contributed by atoms with Gasteiger partial charge in [-0.25, -0.2) is 9.97 Å². The van der Waals surface area contributed by atoms with Crippen molar-refractivity contribution in [3.8, 4) is 0 Å². The fourth-order valence-electron chi connectivity index (χ4n) is 1.21. The zero-order valence-electron chi connectivity index (χ0n) is 9.13. The maximum absolute atomic E-state index is 12.0.